The van der Waals surface area contributed by atoms with Crippen LogP contribution in [0.3, 0.4) is 0 Å². The molecule has 15 heavy (non-hydrogen) atoms. The molecule has 0 aliphatic carbocycles. The Morgan fingerprint density at radius 1 is 1.53 bits per heavy atom. The number of aryl methyl sites for hydroxylation is 1. The summed E-state index contributed by atoms with van der Waals surface area (Å²) in [6, 6.07) is 0. The number of rotatable bonds is 1. The van der Waals surface area contributed by atoms with Crippen molar-refractivity contribution < 1.29 is 14.6 Å². The van der Waals surface area contributed by atoms with Gasteiger partial charge >= 0.3 is 5.97 Å². The average molecular weight is 209 g/mol. The highest BCUT2D eigenvalue weighted by Gasteiger charge is 2.45. The zero-order valence-electron chi connectivity index (χ0n) is 8.14. The second-order valence-corrected chi connectivity index (χ2v) is 4.12. The van der Waals surface area contributed by atoms with Gasteiger partial charge in [-0.1, -0.05) is 0 Å². The number of carbonyl (C=O) groups is 1. The van der Waals surface area contributed by atoms with Crippen LogP contribution in [0.25, 0.3) is 0 Å². The molecular formula is C9H11N3O3. The molecule has 1 aromatic rings. The number of ether oxygens (including phenoxy) is 1. The van der Waals surface area contributed by atoms with Crippen molar-refractivity contribution in [2.24, 2.45) is 0 Å². The molecule has 3 rings (SSSR count). The van der Waals surface area contributed by atoms with Crippen LogP contribution in [0.5, 0.6) is 0 Å². The van der Waals surface area contributed by atoms with Crippen molar-refractivity contribution in [3.05, 3.63) is 11.6 Å². The Morgan fingerprint density at radius 2 is 2.40 bits per heavy atom. The third-order valence-electron chi connectivity index (χ3n) is 3.24. The van der Waals surface area contributed by atoms with E-state index in [4.69, 9.17) is 9.84 Å². The van der Waals surface area contributed by atoms with Crippen molar-refractivity contribution >= 4 is 5.97 Å². The standard InChI is InChI=1S/C9H11N3O3/c13-7(14)6-10-8-9(2-4-15-5-9)1-3-12(8)11-6/h1-5H2,(H,13,14). The number of hydrogen-bond donors (Lipinski definition) is 1. The molecule has 2 aliphatic heterocycles. The minimum absolute atomic E-state index is 0.0688. The quantitative estimate of drug-likeness (QED) is 0.706. The predicted molar refractivity (Wildman–Crippen MR) is 48.7 cm³/mol. The van der Waals surface area contributed by atoms with Gasteiger partial charge in [0.25, 0.3) is 5.82 Å². The third kappa shape index (κ3) is 1.11. The first-order valence-electron chi connectivity index (χ1n) is 4.98. The SMILES string of the molecule is O=C(O)c1nc2n(n1)CCC21CCOC1. The zero-order valence-corrected chi connectivity index (χ0v) is 8.14. The average Bonchev–Trinajstić information content (AvgIpc) is 2.88. The Labute approximate surface area is 85.9 Å². The van der Waals surface area contributed by atoms with E-state index in [1.807, 2.05) is 0 Å². The van der Waals surface area contributed by atoms with Gasteiger partial charge in [-0.2, -0.15) is 0 Å². The lowest BCUT2D eigenvalue weighted by Crippen LogP contribution is -2.24. The zero-order chi connectivity index (χ0) is 10.5. The highest BCUT2D eigenvalue weighted by Crippen LogP contribution is 2.40. The van der Waals surface area contributed by atoms with Gasteiger partial charge in [0.05, 0.1) is 12.0 Å². The van der Waals surface area contributed by atoms with Crippen LogP contribution in [0.15, 0.2) is 0 Å². The molecule has 80 valence electrons. The first kappa shape index (κ1) is 8.84. The van der Waals surface area contributed by atoms with Gasteiger partial charge in [-0.05, 0) is 12.8 Å². The van der Waals surface area contributed by atoms with Crippen molar-refractivity contribution in [2.75, 3.05) is 13.2 Å². The fraction of sp³-hybridized carbons (Fsp3) is 0.667. The minimum Gasteiger partial charge on any atom is -0.475 e. The van der Waals surface area contributed by atoms with Gasteiger partial charge in [0.1, 0.15) is 5.82 Å². The number of carboxylic acids is 1. The molecule has 0 saturated carbocycles. The summed E-state index contributed by atoms with van der Waals surface area (Å²) in [4.78, 5) is 14.8. The molecule has 3 heterocycles. The first-order valence-corrected chi connectivity index (χ1v) is 4.98. The summed E-state index contributed by atoms with van der Waals surface area (Å²) in [7, 11) is 0. The number of aromatic nitrogens is 3. The molecular weight excluding hydrogens is 198 g/mol. The molecule has 0 bridgehead atoms. The van der Waals surface area contributed by atoms with Gasteiger partial charge in [0.2, 0.25) is 0 Å². The second-order valence-electron chi connectivity index (χ2n) is 4.12. The third-order valence-corrected chi connectivity index (χ3v) is 3.24. The molecule has 2 aliphatic rings. The summed E-state index contributed by atoms with van der Waals surface area (Å²) < 4.78 is 7.09. The van der Waals surface area contributed by atoms with Crippen LogP contribution < -0.4 is 0 Å². The van der Waals surface area contributed by atoms with Crippen LogP contribution in [-0.4, -0.2) is 39.1 Å². The van der Waals surface area contributed by atoms with Gasteiger partial charge < -0.3 is 9.84 Å². The molecule has 0 amide bonds. The van der Waals surface area contributed by atoms with E-state index in [-0.39, 0.29) is 11.2 Å². The van der Waals surface area contributed by atoms with Crippen LogP contribution in [0.1, 0.15) is 29.3 Å². The van der Waals surface area contributed by atoms with E-state index in [2.05, 4.69) is 10.1 Å². The molecule has 6 heteroatoms. The van der Waals surface area contributed by atoms with E-state index >= 15 is 0 Å². The topological polar surface area (TPSA) is 77.2 Å². The number of nitrogens with zero attached hydrogens (tertiary/aromatic N) is 3. The maximum Gasteiger partial charge on any atom is 0.375 e. The maximum absolute atomic E-state index is 10.7. The van der Waals surface area contributed by atoms with Crippen LogP contribution in [-0.2, 0) is 16.7 Å². The van der Waals surface area contributed by atoms with E-state index in [9.17, 15) is 4.79 Å². The van der Waals surface area contributed by atoms with Crippen LogP contribution >= 0.6 is 0 Å². The van der Waals surface area contributed by atoms with Crippen molar-refractivity contribution in [2.45, 2.75) is 24.8 Å². The van der Waals surface area contributed by atoms with E-state index < -0.39 is 5.97 Å². The van der Waals surface area contributed by atoms with Gasteiger partial charge in [0, 0.05) is 13.2 Å². The molecule has 1 N–H and O–H groups in total. The van der Waals surface area contributed by atoms with Crippen molar-refractivity contribution in [3.8, 4) is 0 Å². The number of hydrogen-bond acceptors (Lipinski definition) is 4. The largest absolute Gasteiger partial charge is 0.475 e. The lowest BCUT2D eigenvalue weighted by molar-refractivity contribution is 0.0682. The van der Waals surface area contributed by atoms with Crippen molar-refractivity contribution in [3.63, 3.8) is 0 Å². The van der Waals surface area contributed by atoms with Crippen molar-refractivity contribution in [1.29, 1.82) is 0 Å². The number of fused-ring (bicyclic) bond motifs is 2. The van der Waals surface area contributed by atoms with Crippen molar-refractivity contribution in [1.82, 2.24) is 14.8 Å². The van der Waals surface area contributed by atoms with E-state index in [1.165, 1.54) is 0 Å². The lowest BCUT2D eigenvalue weighted by Gasteiger charge is -2.17. The van der Waals surface area contributed by atoms with Crippen LogP contribution in [0, 0.1) is 0 Å². The Morgan fingerprint density at radius 3 is 3.07 bits per heavy atom. The van der Waals surface area contributed by atoms with Gasteiger partial charge in [-0.25, -0.2) is 14.5 Å². The Bertz CT molecular complexity index is 420. The fourth-order valence-corrected chi connectivity index (χ4v) is 2.39. The Kier molecular flexibility index (Phi) is 1.64. The van der Waals surface area contributed by atoms with Crippen LogP contribution in [0.4, 0.5) is 0 Å². The predicted octanol–water partition coefficient (Wildman–Crippen LogP) is 0.0381. The van der Waals surface area contributed by atoms with Gasteiger partial charge in [0.15, 0.2) is 0 Å². The van der Waals surface area contributed by atoms with Gasteiger partial charge in [-0.3, -0.25) is 0 Å². The van der Waals surface area contributed by atoms with E-state index in [0.717, 1.165) is 31.8 Å². The molecule has 1 spiro atoms. The molecule has 1 aromatic heterocycles. The summed E-state index contributed by atoms with van der Waals surface area (Å²) in [6.45, 7) is 2.12. The van der Waals surface area contributed by atoms with E-state index in [1.54, 1.807) is 4.68 Å². The normalized spacial score (nSPS) is 28.5. The maximum atomic E-state index is 10.7. The molecule has 6 nitrogen and oxygen atoms in total. The molecule has 0 aromatic carbocycles. The molecule has 1 fully saturated rings. The molecule has 1 atom stereocenters. The summed E-state index contributed by atoms with van der Waals surface area (Å²) in [5.41, 5.74) is -0.0688. The molecule has 1 unspecified atom stereocenters. The van der Waals surface area contributed by atoms with Crippen LogP contribution in [0.2, 0.25) is 0 Å². The molecule has 1 saturated heterocycles. The minimum atomic E-state index is -1.06. The number of carboxylic acid groups (broad SMARTS) is 1. The Hall–Kier alpha value is -1.43. The summed E-state index contributed by atoms with van der Waals surface area (Å²) in [6.07, 6.45) is 1.88. The summed E-state index contributed by atoms with van der Waals surface area (Å²) in [5.74, 6) is -0.376. The lowest BCUT2D eigenvalue weighted by atomic mass is 9.85. The number of aromatic carboxylic acids is 1. The van der Waals surface area contributed by atoms with Gasteiger partial charge in [-0.15, -0.1) is 5.10 Å². The van der Waals surface area contributed by atoms with E-state index in [0.29, 0.717) is 6.61 Å². The highest BCUT2D eigenvalue weighted by atomic mass is 16.5. The molecule has 0 radical (unpaired) electrons. The Balaban J connectivity index is 2.05. The fourth-order valence-electron chi connectivity index (χ4n) is 2.39. The first-order chi connectivity index (χ1) is 7.21. The smallest absolute Gasteiger partial charge is 0.375 e. The summed E-state index contributed by atoms with van der Waals surface area (Å²) >= 11 is 0. The summed E-state index contributed by atoms with van der Waals surface area (Å²) in [5, 5.41) is 12.8. The second kappa shape index (κ2) is 2.79. The highest BCUT2D eigenvalue weighted by molar-refractivity contribution is 5.83. The monoisotopic (exact) mass is 209 g/mol.